The molecule has 112 valence electrons. The van der Waals surface area contributed by atoms with Gasteiger partial charge in [-0.15, -0.1) is 0 Å². The van der Waals surface area contributed by atoms with Crippen LogP contribution in [-0.2, 0) is 10.9 Å². The summed E-state index contributed by atoms with van der Waals surface area (Å²) in [7, 11) is 0. The molecule has 2 rings (SSSR count). The highest BCUT2D eigenvalue weighted by molar-refractivity contribution is 5.30. The lowest BCUT2D eigenvalue weighted by molar-refractivity contribution is -0.163. The highest BCUT2D eigenvalue weighted by Crippen LogP contribution is 2.34. The number of rotatable bonds is 5. The van der Waals surface area contributed by atoms with Gasteiger partial charge in [0, 0.05) is 13.0 Å². The Morgan fingerprint density at radius 1 is 1.35 bits per heavy atom. The number of hydrogen-bond donors (Lipinski definition) is 1. The third-order valence-corrected chi connectivity index (χ3v) is 3.18. The van der Waals surface area contributed by atoms with Crippen LogP contribution in [0.4, 0.5) is 13.2 Å². The SMILES string of the molecule is CCCOC1C(O)CC1Oc1cccc(C(F)(F)F)c1. The first kappa shape index (κ1) is 15.1. The van der Waals surface area contributed by atoms with Gasteiger partial charge in [0.1, 0.15) is 18.0 Å². The average Bonchev–Trinajstić information content (AvgIpc) is 2.38. The topological polar surface area (TPSA) is 38.7 Å². The molecule has 1 aromatic carbocycles. The van der Waals surface area contributed by atoms with Gasteiger partial charge in [-0.3, -0.25) is 0 Å². The fourth-order valence-electron chi connectivity index (χ4n) is 2.07. The van der Waals surface area contributed by atoms with Gasteiger partial charge in [-0.25, -0.2) is 0 Å². The summed E-state index contributed by atoms with van der Waals surface area (Å²) in [6.45, 7) is 2.43. The number of alkyl halides is 3. The first-order chi connectivity index (χ1) is 9.41. The Morgan fingerprint density at radius 2 is 2.10 bits per heavy atom. The van der Waals surface area contributed by atoms with E-state index in [0.29, 0.717) is 13.0 Å². The molecule has 6 heteroatoms. The number of aliphatic hydroxyl groups excluding tert-OH is 1. The van der Waals surface area contributed by atoms with Crippen molar-refractivity contribution in [3.8, 4) is 5.75 Å². The van der Waals surface area contributed by atoms with Crippen LogP contribution >= 0.6 is 0 Å². The van der Waals surface area contributed by atoms with E-state index in [-0.39, 0.29) is 5.75 Å². The predicted molar refractivity (Wildman–Crippen MR) is 66.5 cm³/mol. The van der Waals surface area contributed by atoms with Crippen LogP contribution in [0.25, 0.3) is 0 Å². The summed E-state index contributed by atoms with van der Waals surface area (Å²) in [5.41, 5.74) is -0.749. The molecule has 0 aromatic heterocycles. The molecule has 3 atom stereocenters. The molecule has 1 aliphatic carbocycles. The summed E-state index contributed by atoms with van der Waals surface area (Å²) in [6, 6.07) is 4.72. The molecule has 0 aliphatic heterocycles. The molecule has 1 fully saturated rings. The highest BCUT2D eigenvalue weighted by Gasteiger charge is 2.43. The van der Waals surface area contributed by atoms with Crippen LogP contribution in [0.1, 0.15) is 25.3 Å². The molecule has 3 unspecified atom stereocenters. The van der Waals surface area contributed by atoms with Gasteiger partial charge in [0.15, 0.2) is 0 Å². The lowest BCUT2D eigenvalue weighted by Gasteiger charge is -2.40. The van der Waals surface area contributed by atoms with E-state index < -0.39 is 30.1 Å². The lowest BCUT2D eigenvalue weighted by atomic mass is 9.88. The first-order valence-electron chi connectivity index (χ1n) is 6.55. The Bertz CT molecular complexity index is 448. The molecular formula is C14H17F3O3. The van der Waals surface area contributed by atoms with Crippen LogP contribution in [-0.4, -0.2) is 30.0 Å². The molecule has 0 amide bonds. The molecular weight excluding hydrogens is 273 g/mol. The Hall–Kier alpha value is -1.27. The Balaban J connectivity index is 2.00. The van der Waals surface area contributed by atoms with E-state index in [1.165, 1.54) is 12.1 Å². The van der Waals surface area contributed by atoms with Crippen LogP contribution in [0.15, 0.2) is 24.3 Å². The largest absolute Gasteiger partial charge is 0.487 e. The fourth-order valence-corrected chi connectivity index (χ4v) is 2.07. The second-order valence-electron chi connectivity index (χ2n) is 4.82. The smallest absolute Gasteiger partial charge is 0.416 e. The highest BCUT2D eigenvalue weighted by atomic mass is 19.4. The standard InChI is InChI=1S/C14H17F3O3/c1-2-6-19-13-11(18)8-12(13)20-10-5-3-4-9(7-10)14(15,16)17/h3-5,7,11-13,18H,2,6,8H2,1H3. The van der Waals surface area contributed by atoms with E-state index in [4.69, 9.17) is 9.47 Å². The van der Waals surface area contributed by atoms with Gasteiger partial charge >= 0.3 is 6.18 Å². The Morgan fingerprint density at radius 3 is 2.70 bits per heavy atom. The van der Waals surface area contributed by atoms with Gasteiger partial charge < -0.3 is 14.6 Å². The van der Waals surface area contributed by atoms with E-state index >= 15 is 0 Å². The number of hydrogen-bond acceptors (Lipinski definition) is 3. The summed E-state index contributed by atoms with van der Waals surface area (Å²) in [5.74, 6) is 0.141. The predicted octanol–water partition coefficient (Wildman–Crippen LogP) is 3.01. The Kier molecular flexibility index (Phi) is 4.55. The normalized spacial score (nSPS) is 26.1. The summed E-state index contributed by atoms with van der Waals surface area (Å²) in [6.07, 6.45) is -4.71. The molecule has 1 aromatic rings. The zero-order chi connectivity index (χ0) is 14.8. The monoisotopic (exact) mass is 290 g/mol. The van der Waals surface area contributed by atoms with Gasteiger partial charge in [0.05, 0.1) is 11.7 Å². The van der Waals surface area contributed by atoms with Crippen molar-refractivity contribution < 1.29 is 27.8 Å². The lowest BCUT2D eigenvalue weighted by Crippen LogP contribution is -2.55. The number of benzene rings is 1. The summed E-state index contributed by atoms with van der Waals surface area (Å²) >= 11 is 0. The van der Waals surface area contributed by atoms with Crippen molar-refractivity contribution in [1.29, 1.82) is 0 Å². The number of aliphatic hydroxyl groups is 1. The fraction of sp³-hybridized carbons (Fsp3) is 0.571. The van der Waals surface area contributed by atoms with Crippen LogP contribution < -0.4 is 4.74 Å². The second-order valence-corrected chi connectivity index (χ2v) is 4.82. The Labute approximate surface area is 115 Å². The number of ether oxygens (including phenoxy) is 2. The summed E-state index contributed by atoms with van der Waals surface area (Å²) in [4.78, 5) is 0. The molecule has 0 bridgehead atoms. The van der Waals surface area contributed by atoms with Crippen molar-refractivity contribution in [3.63, 3.8) is 0 Å². The van der Waals surface area contributed by atoms with Crippen LogP contribution in [0.2, 0.25) is 0 Å². The first-order valence-corrected chi connectivity index (χ1v) is 6.55. The van der Waals surface area contributed by atoms with Gasteiger partial charge in [-0.1, -0.05) is 13.0 Å². The van der Waals surface area contributed by atoms with Crippen LogP contribution in [0, 0.1) is 0 Å². The maximum Gasteiger partial charge on any atom is 0.416 e. The molecule has 1 saturated carbocycles. The molecule has 1 aliphatic rings. The van der Waals surface area contributed by atoms with Crippen molar-refractivity contribution in [2.75, 3.05) is 6.61 Å². The van der Waals surface area contributed by atoms with Gasteiger partial charge in [-0.2, -0.15) is 13.2 Å². The maximum atomic E-state index is 12.6. The van der Waals surface area contributed by atoms with Crippen molar-refractivity contribution in [3.05, 3.63) is 29.8 Å². The quantitative estimate of drug-likeness (QED) is 0.906. The van der Waals surface area contributed by atoms with Crippen LogP contribution in [0.3, 0.4) is 0 Å². The maximum absolute atomic E-state index is 12.6. The van der Waals surface area contributed by atoms with Crippen molar-refractivity contribution in [2.45, 2.75) is 44.3 Å². The molecule has 0 saturated heterocycles. The molecule has 1 N–H and O–H groups in total. The van der Waals surface area contributed by atoms with E-state index in [1.54, 1.807) is 0 Å². The van der Waals surface area contributed by atoms with E-state index in [2.05, 4.69) is 0 Å². The molecule has 3 nitrogen and oxygen atoms in total. The minimum absolute atomic E-state index is 0.141. The molecule has 0 heterocycles. The average molecular weight is 290 g/mol. The van der Waals surface area contributed by atoms with Crippen molar-refractivity contribution >= 4 is 0 Å². The van der Waals surface area contributed by atoms with E-state index in [1.807, 2.05) is 6.92 Å². The van der Waals surface area contributed by atoms with Crippen LogP contribution in [0.5, 0.6) is 5.75 Å². The molecule has 0 radical (unpaired) electrons. The minimum atomic E-state index is -4.39. The zero-order valence-corrected chi connectivity index (χ0v) is 11.1. The zero-order valence-electron chi connectivity index (χ0n) is 11.1. The van der Waals surface area contributed by atoms with Gasteiger partial charge in [0.2, 0.25) is 0 Å². The molecule has 20 heavy (non-hydrogen) atoms. The van der Waals surface area contributed by atoms with E-state index in [0.717, 1.165) is 18.6 Å². The second kappa shape index (κ2) is 6.01. The van der Waals surface area contributed by atoms with E-state index in [9.17, 15) is 18.3 Å². The number of halogens is 3. The third-order valence-electron chi connectivity index (χ3n) is 3.18. The summed E-state index contributed by atoms with van der Waals surface area (Å²) < 4.78 is 48.7. The van der Waals surface area contributed by atoms with Gasteiger partial charge in [-0.05, 0) is 24.6 Å². The van der Waals surface area contributed by atoms with Crippen molar-refractivity contribution in [1.82, 2.24) is 0 Å². The van der Waals surface area contributed by atoms with Crippen molar-refractivity contribution in [2.24, 2.45) is 0 Å². The van der Waals surface area contributed by atoms with Gasteiger partial charge in [0.25, 0.3) is 0 Å². The summed E-state index contributed by atoms with van der Waals surface area (Å²) in [5, 5.41) is 9.58. The third kappa shape index (κ3) is 3.43. The minimum Gasteiger partial charge on any atom is -0.487 e. The molecule has 0 spiro atoms.